The smallest absolute Gasteiger partial charge is 0.255 e. The number of nitrogens with zero attached hydrogens (tertiary/aromatic N) is 1. The van der Waals surface area contributed by atoms with Crippen LogP contribution < -0.4 is 10.1 Å². The van der Waals surface area contributed by atoms with Gasteiger partial charge in [-0.15, -0.1) is 0 Å². The molecule has 0 bridgehead atoms. The van der Waals surface area contributed by atoms with Crippen molar-refractivity contribution in [3.05, 3.63) is 29.8 Å². The number of rotatable bonds is 5. The van der Waals surface area contributed by atoms with Gasteiger partial charge in [0, 0.05) is 12.6 Å². The highest BCUT2D eigenvalue weighted by Crippen LogP contribution is 2.26. The molecule has 1 aromatic rings. The van der Waals surface area contributed by atoms with E-state index in [9.17, 15) is 4.79 Å². The molecule has 0 radical (unpaired) electrons. The number of thioether (sulfide) groups is 1. The van der Waals surface area contributed by atoms with Gasteiger partial charge in [0.2, 0.25) is 0 Å². The van der Waals surface area contributed by atoms with Gasteiger partial charge in [-0.3, -0.25) is 4.79 Å². The molecule has 0 atom stereocenters. The third kappa shape index (κ3) is 4.45. The quantitative estimate of drug-likeness (QED) is 0.888. The Hall–Kier alpha value is -1.20. The molecule has 0 aliphatic carbocycles. The van der Waals surface area contributed by atoms with Crippen molar-refractivity contribution in [1.82, 2.24) is 10.2 Å². The number of methoxy groups -OCH3 is 1. The molecule has 4 nitrogen and oxygen atoms in total. The van der Waals surface area contributed by atoms with Gasteiger partial charge in [-0.25, -0.2) is 0 Å². The van der Waals surface area contributed by atoms with Gasteiger partial charge in [0.15, 0.2) is 0 Å². The molecule has 2 saturated heterocycles. The summed E-state index contributed by atoms with van der Waals surface area (Å²) in [5.74, 6) is 3.84. The van der Waals surface area contributed by atoms with Crippen molar-refractivity contribution in [2.45, 2.75) is 31.7 Å². The molecule has 2 aliphatic heterocycles. The Balaban J connectivity index is 1.44. The highest BCUT2D eigenvalue weighted by Gasteiger charge is 2.26. The zero-order chi connectivity index (χ0) is 16.8. The SMILES string of the molecule is COc1ccccc1C(=O)NCC1CCN(C2CCSCC2)CC1. The third-order valence-corrected chi connectivity index (χ3v) is 6.31. The zero-order valence-electron chi connectivity index (χ0n) is 14.5. The van der Waals surface area contributed by atoms with Crippen molar-refractivity contribution in [3.63, 3.8) is 0 Å². The number of carbonyl (C=O) groups is 1. The molecule has 3 rings (SSSR count). The van der Waals surface area contributed by atoms with E-state index in [1.165, 1.54) is 50.3 Å². The van der Waals surface area contributed by atoms with Crippen LogP contribution in [0, 0.1) is 5.92 Å². The second-order valence-electron chi connectivity index (χ2n) is 6.73. The van der Waals surface area contributed by atoms with E-state index in [1.807, 2.05) is 24.3 Å². The lowest BCUT2D eigenvalue weighted by Crippen LogP contribution is -2.45. The van der Waals surface area contributed by atoms with Gasteiger partial charge < -0.3 is 15.0 Å². The molecule has 1 aromatic carbocycles. The second-order valence-corrected chi connectivity index (χ2v) is 7.96. The number of benzene rings is 1. The predicted octanol–water partition coefficient (Wildman–Crippen LogP) is 3.03. The molecule has 0 saturated carbocycles. The Bertz CT molecular complexity index is 538. The molecule has 0 aromatic heterocycles. The first kappa shape index (κ1) is 17.6. The van der Waals surface area contributed by atoms with E-state index >= 15 is 0 Å². The lowest BCUT2D eigenvalue weighted by molar-refractivity contribution is 0.0917. The second kappa shape index (κ2) is 8.77. The first-order valence-electron chi connectivity index (χ1n) is 9.01. The average Bonchev–Trinajstić information content (AvgIpc) is 2.67. The molecule has 2 fully saturated rings. The highest BCUT2D eigenvalue weighted by atomic mass is 32.2. The normalized spacial score (nSPS) is 20.7. The maximum Gasteiger partial charge on any atom is 0.255 e. The van der Waals surface area contributed by atoms with E-state index in [0.717, 1.165) is 12.6 Å². The Morgan fingerprint density at radius 1 is 1.21 bits per heavy atom. The van der Waals surface area contributed by atoms with E-state index in [0.29, 0.717) is 17.2 Å². The molecular formula is C19H28N2O2S. The number of hydrogen-bond donors (Lipinski definition) is 1. The fourth-order valence-electron chi connectivity index (χ4n) is 3.74. The van der Waals surface area contributed by atoms with E-state index in [1.54, 1.807) is 7.11 Å². The summed E-state index contributed by atoms with van der Waals surface area (Å²) in [6.45, 7) is 3.14. The van der Waals surface area contributed by atoms with Crippen LogP contribution in [0.15, 0.2) is 24.3 Å². The molecule has 0 unspecified atom stereocenters. The molecule has 1 N–H and O–H groups in total. The highest BCUT2D eigenvalue weighted by molar-refractivity contribution is 7.99. The van der Waals surface area contributed by atoms with Crippen LogP contribution in [0.4, 0.5) is 0 Å². The number of piperidine rings is 1. The number of amides is 1. The van der Waals surface area contributed by atoms with Crippen molar-refractivity contribution in [3.8, 4) is 5.75 Å². The zero-order valence-corrected chi connectivity index (χ0v) is 15.3. The van der Waals surface area contributed by atoms with Gasteiger partial charge in [-0.05, 0) is 68.3 Å². The number of carbonyl (C=O) groups excluding carboxylic acids is 1. The topological polar surface area (TPSA) is 41.6 Å². The summed E-state index contributed by atoms with van der Waals surface area (Å²) < 4.78 is 5.27. The third-order valence-electron chi connectivity index (χ3n) is 5.26. The Labute approximate surface area is 149 Å². The predicted molar refractivity (Wildman–Crippen MR) is 100.0 cm³/mol. The summed E-state index contributed by atoms with van der Waals surface area (Å²) >= 11 is 2.09. The van der Waals surface area contributed by atoms with Gasteiger partial charge in [0.25, 0.3) is 5.91 Å². The minimum absolute atomic E-state index is 0.0285. The maximum atomic E-state index is 12.4. The standard InChI is InChI=1S/C19H28N2O2S/c1-23-18-5-3-2-4-17(18)19(22)20-14-15-6-10-21(11-7-15)16-8-12-24-13-9-16/h2-5,15-16H,6-14H2,1H3,(H,20,22). The number of hydrogen-bond acceptors (Lipinski definition) is 4. The molecule has 2 aliphatic rings. The molecule has 2 heterocycles. The summed E-state index contributed by atoms with van der Waals surface area (Å²) in [5, 5.41) is 3.10. The number of likely N-dealkylation sites (tertiary alicyclic amines) is 1. The average molecular weight is 349 g/mol. The van der Waals surface area contributed by atoms with E-state index in [-0.39, 0.29) is 5.91 Å². The minimum Gasteiger partial charge on any atom is -0.496 e. The van der Waals surface area contributed by atoms with Gasteiger partial charge in [0.05, 0.1) is 12.7 Å². The van der Waals surface area contributed by atoms with E-state index in [4.69, 9.17) is 4.74 Å². The van der Waals surface area contributed by atoms with Gasteiger partial charge in [0.1, 0.15) is 5.75 Å². The van der Waals surface area contributed by atoms with Crippen LogP contribution in [0.3, 0.4) is 0 Å². The summed E-state index contributed by atoms with van der Waals surface area (Å²) in [7, 11) is 1.60. The fourth-order valence-corrected chi connectivity index (χ4v) is 4.82. The summed E-state index contributed by atoms with van der Waals surface area (Å²) in [6, 6.07) is 8.21. The summed E-state index contributed by atoms with van der Waals surface area (Å²) in [6.07, 6.45) is 5.07. The van der Waals surface area contributed by atoms with Gasteiger partial charge >= 0.3 is 0 Å². The van der Waals surface area contributed by atoms with Crippen LogP contribution in [-0.2, 0) is 0 Å². The molecular weight excluding hydrogens is 320 g/mol. The largest absolute Gasteiger partial charge is 0.496 e. The van der Waals surface area contributed by atoms with Crippen molar-refractivity contribution < 1.29 is 9.53 Å². The monoisotopic (exact) mass is 348 g/mol. The van der Waals surface area contributed by atoms with Crippen molar-refractivity contribution in [2.75, 3.05) is 38.2 Å². The molecule has 24 heavy (non-hydrogen) atoms. The number of ether oxygens (including phenoxy) is 1. The summed E-state index contributed by atoms with van der Waals surface area (Å²) in [4.78, 5) is 15.1. The van der Waals surface area contributed by atoms with Crippen molar-refractivity contribution >= 4 is 17.7 Å². The van der Waals surface area contributed by atoms with E-state index in [2.05, 4.69) is 22.0 Å². The lowest BCUT2D eigenvalue weighted by atomic mass is 9.94. The number of nitrogens with one attached hydrogen (secondary N) is 1. The Kier molecular flexibility index (Phi) is 6.44. The van der Waals surface area contributed by atoms with Crippen LogP contribution in [0.2, 0.25) is 0 Å². The first-order valence-corrected chi connectivity index (χ1v) is 10.2. The Morgan fingerprint density at radius 2 is 1.92 bits per heavy atom. The van der Waals surface area contributed by atoms with Gasteiger partial charge in [-0.1, -0.05) is 12.1 Å². The molecule has 5 heteroatoms. The van der Waals surface area contributed by atoms with Crippen molar-refractivity contribution in [2.24, 2.45) is 5.92 Å². The van der Waals surface area contributed by atoms with Crippen LogP contribution in [-0.4, -0.2) is 55.1 Å². The number of para-hydroxylation sites is 1. The van der Waals surface area contributed by atoms with E-state index < -0.39 is 0 Å². The van der Waals surface area contributed by atoms with Crippen molar-refractivity contribution in [1.29, 1.82) is 0 Å². The van der Waals surface area contributed by atoms with Crippen LogP contribution >= 0.6 is 11.8 Å². The molecule has 1 amide bonds. The first-order chi connectivity index (χ1) is 11.8. The Morgan fingerprint density at radius 3 is 2.62 bits per heavy atom. The molecule has 0 spiro atoms. The van der Waals surface area contributed by atoms with Crippen LogP contribution in [0.25, 0.3) is 0 Å². The maximum absolute atomic E-state index is 12.4. The molecule has 132 valence electrons. The van der Waals surface area contributed by atoms with Crippen LogP contribution in [0.5, 0.6) is 5.75 Å². The fraction of sp³-hybridized carbons (Fsp3) is 0.632. The summed E-state index contributed by atoms with van der Waals surface area (Å²) in [5.41, 5.74) is 0.622. The van der Waals surface area contributed by atoms with Crippen LogP contribution in [0.1, 0.15) is 36.0 Å². The lowest BCUT2D eigenvalue weighted by Gasteiger charge is -2.39. The minimum atomic E-state index is -0.0285. The van der Waals surface area contributed by atoms with Gasteiger partial charge in [-0.2, -0.15) is 11.8 Å².